The van der Waals surface area contributed by atoms with Gasteiger partial charge < -0.3 is 0 Å². The van der Waals surface area contributed by atoms with E-state index in [2.05, 4.69) is 4.28 Å². The van der Waals surface area contributed by atoms with E-state index >= 15 is 0 Å². The zero-order valence-electron chi connectivity index (χ0n) is 8.16. The van der Waals surface area contributed by atoms with E-state index in [1.165, 1.54) is 0 Å². The molecule has 86 valence electrons. The third-order valence-electron chi connectivity index (χ3n) is 2.59. The summed E-state index contributed by atoms with van der Waals surface area (Å²) in [5.74, 6) is -1.20. The molecule has 2 rings (SSSR count). The van der Waals surface area contributed by atoms with Crippen LogP contribution in [-0.4, -0.2) is 25.6 Å². The molecule has 0 radical (unpaired) electrons. The molecule has 1 heterocycles. The third kappa shape index (κ3) is 1.73. The van der Waals surface area contributed by atoms with Crippen molar-refractivity contribution in [3.8, 4) is 0 Å². The van der Waals surface area contributed by atoms with Crippen LogP contribution < -0.4 is 0 Å². The standard InChI is InChI=1S/C9H9NO5S/c11-7-6-9(4-2-1-3-5-9)8(12)10(7)15-16(13)14/h1-4H,5-6H2,(H,13,14). The molecule has 0 bridgehead atoms. The lowest BCUT2D eigenvalue weighted by Gasteiger charge is -2.21. The van der Waals surface area contributed by atoms with E-state index in [0.29, 0.717) is 11.5 Å². The fourth-order valence-corrected chi connectivity index (χ4v) is 2.10. The van der Waals surface area contributed by atoms with Crippen molar-refractivity contribution in [3.63, 3.8) is 0 Å². The van der Waals surface area contributed by atoms with Gasteiger partial charge in [-0.15, -0.1) is 9.35 Å². The van der Waals surface area contributed by atoms with Crippen LogP contribution in [0.15, 0.2) is 24.3 Å². The molecule has 7 heteroatoms. The Bertz CT molecular complexity index is 430. The largest absolute Gasteiger partial charge is 0.325 e. The number of amides is 2. The predicted molar refractivity (Wildman–Crippen MR) is 53.7 cm³/mol. The number of nitrogens with zero attached hydrogens (tertiary/aromatic N) is 1. The van der Waals surface area contributed by atoms with E-state index in [1.54, 1.807) is 24.3 Å². The van der Waals surface area contributed by atoms with Gasteiger partial charge in [0, 0.05) is 6.42 Å². The molecule has 1 saturated heterocycles. The van der Waals surface area contributed by atoms with Crippen LogP contribution >= 0.6 is 0 Å². The van der Waals surface area contributed by atoms with Crippen LogP contribution in [0.2, 0.25) is 0 Å². The average Bonchev–Trinajstić information content (AvgIpc) is 2.44. The Kier molecular flexibility index (Phi) is 2.75. The highest BCUT2D eigenvalue weighted by atomic mass is 32.2. The maximum Gasteiger partial charge on any atom is 0.325 e. The number of allylic oxidation sites excluding steroid dienone is 3. The Hall–Kier alpha value is -1.31. The van der Waals surface area contributed by atoms with E-state index < -0.39 is 28.6 Å². The minimum atomic E-state index is -2.68. The molecule has 1 fully saturated rings. The molecule has 1 spiro atoms. The summed E-state index contributed by atoms with van der Waals surface area (Å²) in [6, 6.07) is 0. The summed E-state index contributed by atoms with van der Waals surface area (Å²) in [6.45, 7) is 0. The van der Waals surface area contributed by atoms with E-state index in [9.17, 15) is 13.8 Å². The molecule has 0 saturated carbocycles. The highest BCUT2D eigenvalue weighted by molar-refractivity contribution is 7.74. The molecule has 2 aliphatic rings. The molecule has 1 aliphatic carbocycles. The summed E-state index contributed by atoms with van der Waals surface area (Å²) in [6.07, 6.45) is 7.20. The third-order valence-corrected chi connectivity index (χ3v) is 2.86. The van der Waals surface area contributed by atoms with Crippen molar-refractivity contribution in [2.24, 2.45) is 5.41 Å². The summed E-state index contributed by atoms with van der Waals surface area (Å²) in [5, 5.41) is 0.375. The summed E-state index contributed by atoms with van der Waals surface area (Å²) in [5.41, 5.74) is -0.939. The molecule has 6 nitrogen and oxygen atoms in total. The zero-order valence-corrected chi connectivity index (χ0v) is 8.98. The van der Waals surface area contributed by atoms with Gasteiger partial charge in [-0.2, -0.15) is 4.21 Å². The molecule has 1 N–H and O–H groups in total. The van der Waals surface area contributed by atoms with Crippen molar-refractivity contribution in [2.75, 3.05) is 0 Å². The van der Waals surface area contributed by atoms with Crippen LogP contribution in [0.5, 0.6) is 0 Å². The number of hydrogen-bond acceptors (Lipinski definition) is 4. The number of hydrogen-bond donors (Lipinski definition) is 1. The molecular weight excluding hydrogens is 234 g/mol. The van der Waals surface area contributed by atoms with E-state index in [4.69, 9.17) is 4.55 Å². The summed E-state index contributed by atoms with van der Waals surface area (Å²) in [4.78, 5) is 23.3. The number of hydroxylamine groups is 2. The lowest BCUT2D eigenvalue weighted by molar-refractivity contribution is -0.166. The monoisotopic (exact) mass is 243 g/mol. The molecular formula is C9H9NO5S. The minimum absolute atomic E-state index is 0.0378. The van der Waals surface area contributed by atoms with Crippen molar-refractivity contribution in [1.29, 1.82) is 0 Å². The lowest BCUT2D eigenvalue weighted by Crippen LogP contribution is -2.35. The Morgan fingerprint density at radius 3 is 2.75 bits per heavy atom. The summed E-state index contributed by atoms with van der Waals surface area (Å²) < 4.78 is 23.2. The van der Waals surface area contributed by atoms with Crippen LogP contribution in [0.3, 0.4) is 0 Å². The van der Waals surface area contributed by atoms with Crippen LogP contribution in [0.25, 0.3) is 0 Å². The van der Waals surface area contributed by atoms with E-state index in [0.717, 1.165) is 0 Å². The lowest BCUT2D eigenvalue weighted by atomic mass is 9.80. The normalized spacial score (nSPS) is 30.4. The first-order valence-corrected chi connectivity index (χ1v) is 5.59. The van der Waals surface area contributed by atoms with Crippen molar-refractivity contribution < 1.29 is 22.6 Å². The molecule has 1 aliphatic heterocycles. The Balaban J connectivity index is 2.25. The first-order valence-electron chi connectivity index (χ1n) is 4.56. The zero-order chi connectivity index (χ0) is 11.8. The van der Waals surface area contributed by atoms with Crippen LogP contribution in [0.1, 0.15) is 12.8 Å². The van der Waals surface area contributed by atoms with Gasteiger partial charge in [0.1, 0.15) is 0 Å². The Morgan fingerprint density at radius 2 is 2.19 bits per heavy atom. The number of carbonyl (C=O) groups is 2. The van der Waals surface area contributed by atoms with Crippen LogP contribution in [-0.2, 0) is 25.2 Å². The van der Waals surface area contributed by atoms with Crippen molar-refractivity contribution in [2.45, 2.75) is 12.8 Å². The van der Waals surface area contributed by atoms with Crippen molar-refractivity contribution >= 4 is 23.2 Å². The summed E-state index contributed by atoms with van der Waals surface area (Å²) in [7, 11) is 0. The van der Waals surface area contributed by atoms with Gasteiger partial charge in [0.15, 0.2) is 0 Å². The molecule has 0 aromatic heterocycles. The molecule has 2 atom stereocenters. The predicted octanol–water partition coefficient (Wildman–Crippen LogP) is 0.316. The Labute approximate surface area is 94.0 Å². The molecule has 0 aromatic rings. The number of imide groups is 1. The van der Waals surface area contributed by atoms with Crippen molar-refractivity contribution in [1.82, 2.24) is 5.06 Å². The van der Waals surface area contributed by atoms with E-state index in [1.807, 2.05) is 0 Å². The second-order valence-corrected chi connectivity index (χ2v) is 4.19. The van der Waals surface area contributed by atoms with Gasteiger partial charge in [-0.25, -0.2) is 0 Å². The van der Waals surface area contributed by atoms with Gasteiger partial charge in [0.05, 0.1) is 5.41 Å². The Morgan fingerprint density at radius 1 is 1.44 bits per heavy atom. The van der Waals surface area contributed by atoms with Gasteiger partial charge in [-0.3, -0.25) is 14.1 Å². The molecule has 0 aromatic carbocycles. The van der Waals surface area contributed by atoms with E-state index in [-0.39, 0.29) is 6.42 Å². The summed E-state index contributed by atoms with van der Waals surface area (Å²) >= 11 is -2.68. The van der Waals surface area contributed by atoms with Gasteiger partial charge in [0.2, 0.25) is 0 Å². The molecule has 2 amide bonds. The quantitative estimate of drug-likeness (QED) is 0.557. The van der Waals surface area contributed by atoms with Gasteiger partial charge >= 0.3 is 11.4 Å². The first-order chi connectivity index (χ1) is 7.55. The highest BCUT2D eigenvalue weighted by Crippen LogP contribution is 2.39. The fourth-order valence-electron chi connectivity index (χ4n) is 1.83. The number of rotatable bonds is 2. The molecule has 2 unspecified atom stereocenters. The fraction of sp³-hybridized carbons (Fsp3) is 0.333. The second kappa shape index (κ2) is 3.93. The number of carbonyl (C=O) groups excluding carboxylic acids is 2. The van der Waals surface area contributed by atoms with Crippen molar-refractivity contribution in [3.05, 3.63) is 24.3 Å². The van der Waals surface area contributed by atoms with Gasteiger partial charge in [0.25, 0.3) is 11.8 Å². The molecule has 16 heavy (non-hydrogen) atoms. The van der Waals surface area contributed by atoms with Gasteiger partial charge in [-0.1, -0.05) is 24.3 Å². The maximum atomic E-state index is 11.9. The van der Waals surface area contributed by atoms with Crippen LogP contribution in [0.4, 0.5) is 0 Å². The maximum absolute atomic E-state index is 11.9. The minimum Gasteiger partial charge on any atom is -0.282 e. The first kappa shape index (κ1) is 11.2. The van der Waals surface area contributed by atoms with Gasteiger partial charge in [-0.05, 0) is 6.42 Å². The average molecular weight is 243 g/mol. The topological polar surface area (TPSA) is 83.9 Å². The van der Waals surface area contributed by atoms with Crippen LogP contribution in [0, 0.1) is 5.41 Å². The second-order valence-electron chi connectivity index (χ2n) is 3.61. The smallest absolute Gasteiger partial charge is 0.282 e. The highest BCUT2D eigenvalue weighted by Gasteiger charge is 2.51. The SMILES string of the molecule is O=C1CC2(C=CC=CC2)C(=O)N1OS(=O)O.